The maximum Gasteiger partial charge on any atom is 0.148 e. The molecule has 1 aromatic carbocycles. The second kappa shape index (κ2) is 5.03. The number of pyridine rings is 1. The lowest BCUT2D eigenvalue weighted by atomic mass is 10.2. The molecule has 22 heavy (non-hydrogen) atoms. The van der Waals surface area contributed by atoms with Gasteiger partial charge in [0.1, 0.15) is 5.82 Å². The van der Waals surface area contributed by atoms with Gasteiger partial charge in [0.25, 0.3) is 0 Å². The Morgan fingerprint density at radius 2 is 2.14 bits per heavy atom. The van der Waals surface area contributed by atoms with Crippen molar-refractivity contribution in [1.29, 1.82) is 0 Å². The van der Waals surface area contributed by atoms with Crippen LogP contribution in [0.25, 0.3) is 16.6 Å². The van der Waals surface area contributed by atoms with Gasteiger partial charge in [-0.2, -0.15) is 5.10 Å². The van der Waals surface area contributed by atoms with Crippen LogP contribution in [-0.4, -0.2) is 14.8 Å². The van der Waals surface area contributed by atoms with E-state index < -0.39 is 0 Å². The highest BCUT2D eigenvalue weighted by Gasteiger charge is 2.27. The lowest BCUT2D eigenvalue weighted by molar-refractivity contribution is 0.633. The molecule has 1 aliphatic rings. The van der Waals surface area contributed by atoms with Crippen molar-refractivity contribution in [2.75, 3.05) is 0 Å². The zero-order chi connectivity index (χ0) is 15.4. The highest BCUT2D eigenvalue weighted by atomic mass is 79.9. The number of rotatable bonds is 2. The van der Waals surface area contributed by atoms with Gasteiger partial charge in [0, 0.05) is 5.92 Å². The average molecular weight is 381 g/mol. The summed E-state index contributed by atoms with van der Waals surface area (Å²) in [5.74, 6) is 0.195. The molecule has 0 amide bonds. The minimum atomic E-state index is -0.296. The third kappa shape index (κ3) is 2.15. The first kappa shape index (κ1) is 14.2. The van der Waals surface area contributed by atoms with Crippen LogP contribution in [0, 0.1) is 12.7 Å². The molecule has 2 aromatic heterocycles. The SMILES string of the molecule is Cc1nn(-c2cnc(C3CC3)c(Cl)c2)c2ccc(Br)c(F)c12. The highest BCUT2D eigenvalue weighted by molar-refractivity contribution is 9.10. The van der Waals surface area contributed by atoms with Crippen molar-refractivity contribution in [2.24, 2.45) is 0 Å². The van der Waals surface area contributed by atoms with Gasteiger partial charge in [-0.05, 0) is 53.9 Å². The molecular formula is C16H12BrClFN3. The molecule has 1 fully saturated rings. The smallest absolute Gasteiger partial charge is 0.148 e. The van der Waals surface area contributed by atoms with E-state index in [4.69, 9.17) is 11.6 Å². The molecule has 0 bridgehead atoms. The molecule has 6 heteroatoms. The number of hydrogen-bond donors (Lipinski definition) is 0. The molecule has 0 aliphatic heterocycles. The Morgan fingerprint density at radius 1 is 1.36 bits per heavy atom. The normalized spacial score (nSPS) is 14.7. The lowest BCUT2D eigenvalue weighted by Gasteiger charge is -2.07. The standard InChI is InChI=1S/C16H12BrClFN3/c1-8-14-13(5-4-11(17)15(14)19)22(21-8)10-6-12(18)16(20-7-10)9-2-3-9/h4-7,9H,2-3H2,1H3. The van der Waals surface area contributed by atoms with Gasteiger partial charge in [-0.3, -0.25) is 4.98 Å². The zero-order valence-corrected chi connectivity index (χ0v) is 14.1. The number of hydrogen-bond acceptors (Lipinski definition) is 2. The Hall–Kier alpha value is -1.46. The largest absolute Gasteiger partial charge is 0.257 e. The first-order valence-electron chi connectivity index (χ1n) is 7.05. The fraction of sp³-hybridized carbons (Fsp3) is 0.250. The summed E-state index contributed by atoms with van der Waals surface area (Å²) in [7, 11) is 0. The minimum Gasteiger partial charge on any atom is -0.257 e. The van der Waals surface area contributed by atoms with Gasteiger partial charge in [0.15, 0.2) is 0 Å². The van der Waals surface area contributed by atoms with Gasteiger partial charge < -0.3 is 0 Å². The van der Waals surface area contributed by atoms with Gasteiger partial charge in [-0.25, -0.2) is 9.07 Å². The molecule has 1 aliphatic carbocycles. The van der Waals surface area contributed by atoms with Crippen molar-refractivity contribution < 1.29 is 4.39 Å². The van der Waals surface area contributed by atoms with Crippen LogP contribution in [0.5, 0.6) is 0 Å². The van der Waals surface area contributed by atoms with Crippen LogP contribution in [0.4, 0.5) is 4.39 Å². The van der Waals surface area contributed by atoms with Crippen molar-refractivity contribution in [3.8, 4) is 5.69 Å². The number of nitrogens with zero attached hydrogens (tertiary/aromatic N) is 3. The van der Waals surface area contributed by atoms with Crippen LogP contribution >= 0.6 is 27.5 Å². The quantitative estimate of drug-likeness (QED) is 0.615. The van der Waals surface area contributed by atoms with E-state index in [-0.39, 0.29) is 5.82 Å². The van der Waals surface area contributed by atoms with Crippen LogP contribution in [0.15, 0.2) is 28.9 Å². The molecule has 0 unspecified atom stereocenters. The summed E-state index contributed by atoms with van der Waals surface area (Å²) in [6.07, 6.45) is 4.05. The van der Waals surface area contributed by atoms with E-state index in [1.54, 1.807) is 23.9 Å². The van der Waals surface area contributed by atoms with Crippen LogP contribution in [0.2, 0.25) is 5.02 Å². The zero-order valence-electron chi connectivity index (χ0n) is 11.8. The van der Waals surface area contributed by atoms with Crippen molar-refractivity contribution in [1.82, 2.24) is 14.8 Å². The summed E-state index contributed by atoms with van der Waals surface area (Å²) in [5, 5.41) is 5.61. The Balaban J connectivity index is 1.91. The van der Waals surface area contributed by atoms with Gasteiger partial charge in [-0.1, -0.05) is 11.6 Å². The number of fused-ring (bicyclic) bond motifs is 1. The fourth-order valence-electron chi connectivity index (χ4n) is 2.72. The summed E-state index contributed by atoms with van der Waals surface area (Å²) < 4.78 is 16.4. The average Bonchev–Trinajstić information content (AvgIpc) is 3.27. The molecule has 112 valence electrons. The molecule has 0 saturated heterocycles. The van der Waals surface area contributed by atoms with Crippen molar-refractivity contribution in [3.05, 3.63) is 51.1 Å². The summed E-state index contributed by atoms with van der Waals surface area (Å²) in [6.45, 7) is 1.79. The number of halogens is 3. The topological polar surface area (TPSA) is 30.7 Å². The number of benzene rings is 1. The van der Waals surface area contributed by atoms with Crippen molar-refractivity contribution in [3.63, 3.8) is 0 Å². The molecule has 2 heterocycles. The summed E-state index contributed by atoms with van der Waals surface area (Å²) in [6, 6.07) is 5.38. The van der Waals surface area contributed by atoms with Crippen LogP contribution < -0.4 is 0 Å². The Labute approximate surface area is 140 Å². The predicted octanol–water partition coefficient (Wildman–Crippen LogP) is 5.16. The van der Waals surface area contributed by atoms with Gasteiger partial charge in [-0.15, -0.1) is 0 Å². The van der Waals surface area contributed by atoms with E-state index in [0.29, 0.717) is 32.0 Å². The highest BCUT2D eigenvalue weighted by Crippen LogP contribution is 2.42. The van der Waals surface area contributed by atoms with E-state index in [2.05, 4.69) is 26.0 Å². The van der Waals surface area contributed by atoms with E-state index in [1.165, 1.54) is 0 Å². The summed E-state index contributed by atoms with van der Waals surface area (Å²) in [5.41, 5.74) is 3.04. The molecule has 4 rings (SSSR count). The van der Waals surface area contributed by atoms with E-state index in [9.17, 15) is 4.39 Å². The Morgan fingerprint density at radius 3 is 2.82 bits per heavy atom. The molecule has 1 saturated carbocycles. The third-order valence-corrected chi connectivity index (χ3v) is 4.89. The van der Waals surface area contributed by atoms with E-state index in [1.807, 2.05) is 12.1 Å². The maximum atomic E-state index is 14.3. The second-order valence-corrected chi connectivity index (χ2v) is 6.85. The third-order valence-electron chi connectivity index (χ3n) is 3.98. The molecule has 0 radical (unpaired) electrons. The van der Waals surface area contributed by atoms with E-state index >= 15 is 0 Å². The van der Waals surface area contributed by atoms with Crippen molar-refractivity contribution >= 4 is 38.4 Å². The molecule has 0 atom stereocenters. The van der Waals surface area contributed by atoms with Crippen LogP contribution in [-0.2, 0) is 0 Å². The van der Waals surface area contributed by atoms with E-state index in [0.717, 1.165) is 24.2 Å². The summed E-state index contributed by atoms with van der Waals surface area (Å²) >= 11 is 9.56. The van der Waals surface area contributed by atoms with Crippen molar-refractivity contribution in [2.45, 2.75) is 25.7 Å². The maximum absolute atomic E-state index is 14.3. The van der Waals surface area contributed by atoms with Gasteiger partial charge in [0.05, 0.1) is 43.7 Å². The monoisotopic (exact) mass is 379 g/mol. The summed E-state index contributed by atoms with van der Waals surface area (Å²) in [4.78, 5) is 4.48. The number of aromatic nitrogens is 3. The Kier molecular flexibility index (Phi) is 3.24. The van der Waals surface area contributed by atoms with Gasteiger partial charge >= 0.3 is 0 Å². The minimum absolute atomic E-state index is 0.296. The van der Waals surface area contributed by atoms with Crippen LogP contribution in [0.1, 0.15) is 30.1 Å². The molecule has 0 spiro atoms. The lowest BCUT2D eigenvalue weighted by Crippen LogP contribution is -1.99. The van der Waals surface area contributed by atoms with Crippen LogP contribution in [0.3, 0.4) is 0 Å². The fourth-order valence-corrected chi connectivity index (χ4v) is 3.37. The first-order chi connectivity index (χ1) is 10.6. The predicted molar refractivity (Wildman–Crippen MR) is 88.2 cm³/mol. The number of aryl methyl sites for hydroxylation is 1. The first-order valence-corrected chi connectivity index (χ1v) is 8.22. The van der Waals surface area contributed by atoms with Gasteiger partial charge in [0.2, 0.25) is 0 Å². The molecule has 3 aromatic rings. The Bertz CT molecular complexity index is 902. The molecule has 0 N–H and O–H groups in total. The second-order valence-electron chi connectivity index (χ2n) is 5.59. The molecular weight excluding hydrogens is 369 g/mol. The molecule has 3 nitrogen and oxygen atoms in total.